The van der Waals surface area contributed by atoms with Gasteiger partial charge in [0.25, 0.3) is 0 Å². The predicted molar refractivity (Wildman–Crippen MR) is 123 cm³/mol. The normalized spacial score (nSPS) is 11.1. The number of thiophene rings is 2. The van der Waals surface area contributed by atoms with E-state index in [2.05, 4.69) is 40.8 Å². The Morgan fingerprint density at radius 1 is 1.30 bits per heavy atom. The number of ether oxygens (including phenoxy) is 1. The highest BCUT2D eigenvalue weighted by Crippen LogP contribution is 2.31. The van der Waals surface area contributed by atoms with Crippen LogP contribution in [0.5, 0.6) is 0 Å². The minimum absolute atomic E-state index is 0.159. The first-order valence-electron chi connectivity index (χ1n) is 9.48. The summed E-state index contributed by atoms with van der Waals surface area (Å²) >= 11 is 4.37. The Labute approximate surface area is 187 Å². The number of aryl methyl sites for hydroxylation is 1. The number of nitrogens with one attached hydrogen (secondary N) is 1. The van der Waals surface area contributed by atoms with E-state index in [1.807, 2.05) is 18.5 Å². The first-order chi connectivity index (χ1) is 14.3. The molecule has 0 aliphatic heterocycles. The molecule has 1 amide bonds. The standard InChI is InChI=1S/C20H24N4O3S3/c1-6-27-19(26)14-7-12(4)30-18(14)21-16(25)10-29-20-23-22-17(24(20)5)13-8-15(11(2)3)28-9-13/h7-9,11H,6,10H2,1-5H3,(H,21,25). The number of aromatic nitrogens is 3. The average molecular weight is 465 g/mol. The maximum absolute atomic E-state index is 12.5. The van der Waals surface area contributed by atoms with Crippen LogP contribution in [0, 0.1) is 6.92 Å². The highest BCUT2D eigenvalue weighted by atomic mass is 32.2. The highest BCUT2D eigenvalue weighted by molar-refractivity contribution is 7.99. The molecule has 10 heteroatoms. The van der Waals surface area contributed by atoms with Gasteiger partial charge in [-0.05, 0) is 31.9 Å². The van der Waals surface area contributed by atoms with Crippen LogP contribution in [0.3, 0.4) is 0 Å². The molecule has 0 aromatic carbocycles. The van der Waals surface area contributed by atoms with E-state index in [1.165, 1.54) is 28.0 Å². The summed E-state index contributed by atoms with van der Waals surface area (Å²) in [7, 11) is 1.89. The SMILES string of the molecule is CCOC(=O)c1cc(C)sc1NC(=O)CSc1nnc(-c2csc(C(C)C)c2)n1C. The van der Waals surface area contributed by atoms with E-state index in [4.69, 9.17) is 4.74 Å². The van der Waals surface area contributed by atoms with Gasteiger partial charge in [-0.1, -0.05) is 25.6 Å². The van der Waals surface area contributed by atoms with Crippen LogP contribution in [-0.2, 0) is 16.6 Å². The Morgan fingerprint density at radius 3 is 2.73 bits per heavy atom. The Balaban J connectivity index is 1.65. The quantitative estimate of drug-likeness (QED) is 0.375. The van der Waals surface area contributed by atoms with E-state index >= 15 is 0 Å². The van der Waals surface area contributed by atoms with Gasteiger partial charge in [0, 0.05) is 27.7 Å². The van der Waals surface area contributed by atoms with Crippen molar-refractivity contribution in [3.05, 3.63) is 32.8 Å². The van der Waals surface area contributed by atoms with Crippen molar-refractivity contribution < 1.29 is 14.3 Å². The second kappa shape index (κ2) is 9.76. The third-order valence-electron chi connectivity index (χ3n) is 4.22. The van der Waals surface area contributed by atoms with Crippen molar-refractivity contribution in [2.75, 3.05) is 17.7 Å². The van der Waals surface area contributed by atoms with Crippen molar-refractivity contribution >= 4 is 51.3 Å². The molecule has 160 valence electrons. The van der Waals surface area contributed by atoms with Crippen LogP contribution in [0.2, 0.25) is 0 Å². The van der Waals surface area contributed by atoms with Crippen molar-refractivity contribution in [2.24, 2.45) is 7.05 Å². The molecule has 7 nitrogen and oxygen atoms in total. The monoisotopic (exact) mass is 464 g/mol. The number of carbonyl (C=O) groups excluding carboxylic acids is 2. The molecule has 0 bridgehead atoms. The highest BCUT2D eigenvalue weighted by Gasteiger charge is 2.19. The van der Waals surface area contributed by atoms with E-state index in [9.17, 15) is 9.59 Å². The van der Waals surface area contributed by atoms with Gasteiger partial charge in [0.05, 0.1) is 17.9 Å². The maximum atomic E-state index is 12.5. The van der Waals surface area contributed by atoms with E-state index in [-0.39, 0.29) is 18.3 Å². The molecule has 0 atom stereocenters. The Morgan fingerprint density at radius 2 is 2.07 bits per heavy atom. The fourth-order valence-corrected chi connectivity index (χ4v) is 5.26. The van der Waals surface area contributed by atoms with Crippen LogP contribution in [0.1, 0.15) is 46.8 Å². The Hall–Kier alpha value is -2.17. The Bertz CT molecular complexity index is 1050. The molecule has 3 aromatic rings. The number of hydrogen-bond acceptors (Lipinski definition) is 8. The van der Waals surface area contributed by atoms with E-state index in [0.717, 1.165) is 16.3 Å². The third-order valence-corrected chi connectivity index (χ3v) is 7.44. The van der Waals surface area contributed by atoms with Crippen LogP contribution in [0.15, 0.2) is 22.7 Å². The molecule has 0 aliphatic carbocycles. The predicted octanol–water partition coefficient (Wildman–Crippen LogP) is 4.94. The summed E-state index contributed by atoms with van der Waals surface area (Å²) in [5.41, 5.74) is 1.42. The fourth-order valence-electron chi connectivity index (χ4n) is 2.73. The zero-order valence-corrected chi connectivity index (χ0v) is 20.0. The first-order valence-corrected chi connectivity index (χ1v) is 12.2. The van der Waals surface area contributed by atoms with Crippen molar-refractivity contribution in [3.63, 3.8) is 0 Å². The number of rotatable bonds is 8. The minimum Gasteiger partial charge on any atom is -0.462 e. The van der Waals surface area contributed by atoms with Crippen molar-refractivity contribution in [1.82, 2.24) is 14.8 Å². The summed E-state index contributed by atoms with van der Waals surface area (Å²) in [5, 5.41) is 14.6. The number of carbonyl (C=O) groups is 2. The van der Waals surface area contributed by atoms with Crippen LogP contribution in [0.4, 0.5) is 5.00 Å². The molecule has 0 saturated carbocycles. The topological polar surface area (TPSA) is 86.1 Å². The molecule has 30 heavy (non-hydrogen) atoms. The van der Waals surface area contributed by atoms with Crippen LogP contribution < -0.4 is 5.32 Å². The largest absolute Gasteiger partial charge is 0.462 e. The average Bonchev–Trinajstić information content (AvgIpc) is 3.39. The summed E-state index contributed by atoms with van der Waals surface area (Å²) in [6.45, 7) is 8.24. The van der Waals surface area contributed by atoms with Crippen molar-refractivity contribution in [1.29, 1.82) is 0 Å². The lowest BCUT2D eigenvalue weighted by Gasteiger charge is -2.06. The molecule has 1 N–H and O–H groups in total. The number of anilines is 1. The number of amides is 1. The molecule has 0 fully saturated rings. The van der Waals surface area contributed by atoms with E-state index in [1.54, 1.807) is 24.3 Å². The van der Waals surface area contributed by atoms with Crippen molar-refractivity contribution in [3.8, 4) is 11.4 Å². The third kappa shape index (κ3) is 5.11. The molecular weight excluding hydrogens is 440 g/mol. The summed E-state index contributed by atoms with van der Waals surface area (Å²) in [6.07, 6.45) is 0. The number of esters is 1. The van der Waals surface area contributed by atoms with E-state index < -0.39 is 5.97 Å². The molecule has 0 unspecified atom stereocenters. The molecular formula is C20H24N4O3S3. The van der Waals surface area contributed by atoms with Gasteiger partial charge in [0.2, 0.25) is 5.91 Å². The smallest absolute Gasteiger partial charge is 0.341 e. The van der Waals surface area contributed by atoms with Gasteiger partial charge in [-0.3, -0.25) is 4.79 Å². The molecule has 0 radical (unpaired) electrons. The lowest BCUT2D eigenvalue weighted by molar-refractivity contribution is -0.113. The molecule has 0 aliphatic rings. The number of hydrogen-bond donors (Lipinski definition) is 1. The second-order valence-electron chi connectivity index (χ2n) is 6.91. The lowest BCUT2D eigenvalue weighted by atomic mass is 10.1. The van der Waals surface area contributed by atoms with Gasteiger partial charge in [-0.15, -0.1) is 32.9 Å². The summed E-state index contributed by atoms with van der Waals surface area (Å²) in [5.74, 6) is 0.759. The van der Waals surface area contributed by atoms with Gasteiger partial charge in [0.1, 0.15) is 5.00 Å². The maximum Gasteiger partial charge on any atom is 0.341 e. The zero-order valence-electron chi connectivity index (χ0n) is 17.5. The van der Waals surface area contributed by atoms with Crippen LogP contribution in [0.25, 0.3) is 11.4 Å². The number of nitrogens with zero attached hydrogens (tertiary/aromatic N) is 3. The first kappa shape index (κ1) is 22.5. The molecule has 3 aromatic heterocycles. The van der Waals surface area contributed by atoms with E-state index in [0.29, 0.717) is 21.6 Å². The fraction of sp³-hybridized carbons (Fsp3) is 0.400. The molecule has 3 heterocycles. The van der Waals surface area contributed by atoms with Gasteiger partial charge in [-0.2, -0.15) is 0 Å². The van der Waals surface area contributed by atoms with Gasteiger partial charge >= 0.3 is 5.97 Å². The molecule has 0 saturated heterocycles. The summed E-state index contributed by atoms with van der Waals surface area (Å²) < 4.78 is 6.95. The van der Waals surface area contributed by atoms with Crippen molar-refractivity contribution in [2.45, 2.75) is 38.8 Å². The minimum atomic E-state index is -0.431. The van der Waals surface area contributed by atoms with Gasteiger partial charge in [-0.25, -0.2) is 4.79 Å². The second-order valence-corrected chi connectivity index (χ2v) is 10.1. The summed E-state index contributed by atoms with van der Waals surface area (Å²) in [6, 6.07) is 3.86. The summed E-state index contributed by atoms with van der Waals surface area (Å²) in [4.78, 5) is 26.8. The molecule has 3 rings (SSSR count). The van der Waals surface area contributed by atoms with Crippen LogP contribution in [-0.4, -0.2) is 39.0 Å². The Kier molecular flexibility index (Phi) is 7.32. The van der Waals surface area contributed by atoms with Crippen LogP contribution >= 0.6 is 34.4 Å². The van der Waals surface area contributed by atoms with Gasteiger partial charge < -0.3 is 14.6 Å². The molecule has 0 spiro atoms. The van der Waals surface area contributed by atoms with Gasteiger partial charge in [0.15, 0.2) is 11.0 Å². The number of thioether (sulfide) groups is 1. The zero-order chi connectivity index (χ0) is 21.8. The lowest BCUT2D eigenvalue weighted by Crippen LogP contribution is -2.16.